The van der Waals surface area contributed by atoms with Crippen LogP contribution in [0.2, 0.25) is 0 Å². The maximum Gasteiger partial charge on any atom is 0.339 e. The third kappa shape index (κ3) is 17.4. The molecule has 2 amide bonds. The molecule has 0 saturated carbocycles. The first kappa shape index (κ1) is 35.1. The average Bonchev–Trinajstić information content (AvgIpc) is 2.95. The number of hydrogen-bond acceptors (Lipinski definition) is 5. The Morgan fingerprint density at radius 1 is 0.878 bits per heavy atom. The van der Waals surface area contributed by atoms with Crippen LogP contribution in [0.3, 0.4) is 0 Å². The molecular formula is C33H46N2O6. The summed E-state index contributed by atoms with van der Waals surface area (Å²) in [6.45, 7) is 4.79. The molecule has 8 nitrogen and oxygen atoms in total. The summed E-state index contributed by atoms with van der Waals surface area (Å²) in [6, 6.07) is 3.24. The normalized spacial score (nSPS) is 12.7. The van der Waals surface area contributed by atoms with Gasteiger partial charge in [-0.25, -0.2) is 9.59 Å². The summed E-state index contributed by atoms with van der Waals surface area (Å²) >= 11 is 0. The molecule has 0 heterocycles. The number of urea groups is 1. The van der Waals surface area contributed by atoms with Gasteiger partial charge in [-0.2, -0.15) is 0 Å². The monoisotopic (exact) mass is 566 g/mol. The zero-order valence-electron chi connectivity index (χ0n) is 24.4. The van der Waals surface area contributed by atoms with Crippen molar-refractivity contribution < 1.29 is 29.3 Å². The number of carboxylic acid groups (broad SMARTS) is 1. The first-order chi connectivity index (χ1) is 19.9. The molecular weight excluding hydrogens is 520 g/mol. The Kier molecular flexibility index (Phi) is 19.6. The number of hydrogen-bond donors (Lipinski definition) is 4. The van der Waals surface area contributed by atoms with E-state index in [9.17, 15) is 19.5 Å². The summed E-state index contributed by atoms with van der Waals surface area (Å²) in [5.41, 5.74) is -0.0684. The number of allylic oxidation sites excluding steroid dienone is 9. The van der Waals surface area contributed by atoms with Crippen LogP contribution in [0.25, 0.3) is 0 Å². The summed E-state index contributed by atoms with van der Waals surface area (Å²) in [7, 11) is 0. The van der Waals surface area contributed by atoms with E-state index in [0.717, 1.165) is 38.5 Å². The molecule has 0 bridgehead atoms. The number of amides is 2. The van der Waals surface area contributed by atoms with Gasteiger partial charge in [0, 0.05) is 18.7 Å². The number of carboxylic acids is 1. The fourth-order valence-corrected chi connectivity index (χ4v) is 3.67. The molecule has 8 heteroatoms. The number of anilines is 1. The Hall–Kier alpha value is -3.91. The highest BCUT2D eigenvalue weighted by Crippen LogP contribution is 2.21. The number of phenols is 1. The van der Waals surface area contributed by atoms with E-state index in [2.05, 4.69) is 78.3 Å². The minimum absolute atomic E-state index is 0.00290. The Morgan fingerprint density at radius 2 is 1.46 bits per heavy atom. The Labute approximate surface area is 244 Å². The van der Waals surface area contributed by atoms with Crippen molar-refractivity contribution in [3.8, 4) is 5.75 Å². The maximum atomic E-state index is 12.5. The lowest BCUT2D eigenvalue weighted by Gasteiger charge is -2.14. The summed E-state index contributed by atoms with van der Waals surface area (Å²) in [5, 5.41) is 23.7. The first-order valence-corrected chi connectivity index (χ1v) is 14.4. The molecule has 1 aromatic carbocycles. The number of aromatic carboxylic acids is 1. The van der Waals surface area contributed by atoms with Gasteiger partial charge in [-0.15, -0.1) is 0 Å². The van der Waals surface area contributed by atoms with Crippen LogP contribution in [0.15, 0.2) is 79.0 Å². The molecule has 4 N–H and O–H groups in total. The smallest absolute Gasteiger partial charge is 0.339 e. The van der Waals surface area contributed by atoms with Gasteiger partial charge in [-0.05, 0) is 69.6 Å². The number of nitrogens with one attached hydrogen (secondary N) is 2. The quantitative estimate of drug-likeness (QED) is 0.0694. The Bertz CT molecular complexity index is 1070. The number of benzene rings is 1. The second-order valence-corrected chi connectivity index (χ2v) is 9.25. The molecule has 0 aliphatic heterocycles. The fraction of sp³-hybridized carbons (Fsp3) is 0.424. The highest BCUT2D eigenvalue weighted by Gasteiger charge is 2.16. The van der Waals surface area contributed by atoms with E-state index in [1.807, 2.05) is 6.92 Å². The van der Waals surface area contributed by atoms with Crippen LogP contribution in [0.4, 0.5) is 10.5 Å². The maximum absolute atomic E-state index is 12.5. The molecule has 0 spiro atoms. The van der Waals surface area contributed by atoms with Crippen molar-refractivity contribution in [2.45, 2.75) is 77.7 Å². The van der Waals surface area contributed by atoms with Gasteiger partial charge in [0.1, 0.15) is 17.4 Å². The van der Waals surface area contributed by atoms with Gasteiger partial charge in [0.2, 0.25) is 0 Å². The van der Waals surface area contributed by atoms with Crippen LogP contribution in [0.5, 0.6) is 5.75 Å². The van der Waals surface area contributed by atoms with Crippen molar-refractivity contribution in [3.05, 3.63) is 84.5 Å². The number of aromatic hydroxyl groups is 1. The second kappa shape index (κ2) is 22.9. The second-order valence-electron chi connectivity index (χ2n) is 9.25. The van der Waals surface area contributed by atoms with E-state index < -0.39 is 18.1 Å². The SMILES string of the molecule is CC/C=C\C/C=C\C/C=C\C/C=C\C/C=C\CCOC(CC)C(=O)CCCNC(=O)Nc1ccc(O)c(C(=O)O)c1. The number of rotatable bonds is 21. The zero-order chi connectivity index (χ0) is 30.1. The summed E-state index contributed by atoms with van der Waals surface area (Å²) in [6.07, 6.45) is 27.9. The zero-order valence-corrected chi connectivity index (χ0v) is 24.4. The van der Waals surface area contributed by atoms with Crippen molar-refractivity contribution >= 4 is 23.5 Å². The predicted octanol–water partition coefficient (Wildman–Crippen LogP) is 7.50. The van der Waals surface area contributed by atoms with Crippen molar-refractivity contribution in [1.82, 2.24) is 5.32 Å². The van der Waals surface area contributed by atoms with Gasteiger partial charge >= 0.3 is 12.0 Å². The number of Topliss-reactive ketones (excluding diaryl/α,β-unsaturated/α-hetero) is 1. The third-order valence-corrected chi connectivity index (χ3v) is 5.86. The van der Waals surface area contributed by atoms with Crippen molar-refractivity contribution in [2.24, 2.45) is 0 Å². The molecule has 1 rings (SSSR count). The fourth-order valence-electron chi connectivity index (χ4n) is 3.67. The lowest BCUT2D eigenvalue weighted by molar-refractivity contribution is -0.130. The highest BCUT2D eigenvalue weighted by molar-refractivity contribution is 5.95. The van der Waals surface area contributed by atoms with Crippen LogP contribution >= 0.6 is 0 Å². The number of ether oxygens (including phenoxy) is 1. The van der Waals surface area contributed by atoms with Crippen LogP contribution < -0.4 is 10.6 Å². The average molecular weight is 567 g/mol. The molecule has 0 radical (unpaired) electrons. The summed E-state index contributed by atoms with van der Waals surface area (Å²) in [5.74, 6) is -1.67. The first-order valence-electron chi connectivity index (χ1n) is 14.4. The van der Waals surface area contributed by atoms with Gasteiger partial charge in [0.05, 0.1) is 6.61 Å². The van der Waals surface area contributed by atoms with Gasteiger partial charge < -0.3 is 25.6 Å². The predicted molar refractivity (Wildman–Crippen MR) is 165 cm³/mol. The van der Waals surface area contributed by atoms with E-state index in [4.69, 9.17) is 9.84 Å². The summed E-state index contributed by atoms with van der Waals surface area (Å²) in [4.78, 5) is 35.6. The molecule has 0 aliphatic rings. The third-order valence-electron chi connectivity index (χ3n) is 5.86. The lowest BCUT2D eigenvalue weighted by atomic mass is 10.1. The number of ketones is 1. The Balaban J connectivity index is 2.15. The van der Waals surface area contributed by atoms with Crippen LogP contribution in [-0.4, -0.2) is 47.3 Å². The highest BCUT2D eigenvalue weighted by atomic mass is 16.5. The van der Waals surface area contributed by atoms with E-state index in [0.29, 0.717) is 19.4 Å². The summed E-state index contributed by atoms with van der Waals surface area (Å²) < 4.78 is 5.76. The molecule has 0 fully saturated rings. The van der Waals surface area contributed by atoms with Gasteiger partial charge in [-0.3, -0.25) is 4.79 Å². The largest absolute Gasteiger partial charge is 0.507 e. The molecule has 1 unspecified atom stereocenters. The molecule has 1 aromatic rings. The number of carbonyl (C=O) groups excluding carboxylic acids is 2. The van der Waals surface area contributed by atoms with E-state index in [1.54, 1.807) is 0 Å². The topological polar surface area (TPSA) is 125 Å². The Morgan fingerprint density at radius 3 is 2.02 bits per heavy atom. The van der Waals surface area contributed by atoms with Crippen LogP contribution in [0, 0.1) is 0 Å². The van der Waals surface area contributed by atoms with Gasteiger partial charge in [0.15, 0.2) is 5.78 Å². The van der Waals surface area contributed by atoms with Crippen LogP contribution in [0.1, 0.15) is 82.0 Å². The van der Waals surface area contributed by atoms with Gasteiger partial charge in [0.25, 0.3) is 0 Å². The minimum Gasteiger partial charge on any atom is -0.507 e. The van der Waals surface area contributed by atoms with Crippen molar-refractivity contribution in [1.29, 1.82) is 0 Å². The lowest BCUT2D eigenvalue weighted by Crippen LogP contribution is -2.31. The molecule has 224 valence electrons. The standard InChI is InChI=1S/C33H46N2O6/c1-3-5-6-7-8-9-10-11-12-13-14-15-16-17-18-19-25-41-31(4-2)30(37)21-20-24-34-33(40)35-27-22-23-29(36)28(26-27)32(38)39/h5-6,8-9,11-12,14-15,17-18,22-23,26,31,36H,3-4,7,10,13,16,19-21,24-25H2,1-2H3,(H,38,39)(H2,34,35,40)/b6-5-,9-8-,12-11-,15-14-,18-17-. The molecule has 0 saturated heterocycles. The van der Waals surface area contributed by atoms with E-state index >= 15 is 0 Å². The molecule has 0 aromatic heterocycles. The van der Waals surface area contributed by atoms with E-state index in [1.165, 1.54) is 18.2 Å². The van der Waals surface area contributed by atoms with Gasteiger partial charge in [-0.1, -0.05) is 74.6 Å². The minimum atomic E-state index is -1.30. The van der Waals surface area contributed by atoms with Crippen molar-refractivity contribution in [2.75, 3.05) is 18.5 Å². The molecule has 1 atom stereocenters. The van der Waals surface area contributed by atoms with E-state index in [-0.39, 0.29) is 35.7 Å². The van der Waals surface area contributed by atoms with Crippen LogP contribution in [-0.2, 0) is 9.53 Å². The van der Waals surface area contributed by atoms with Crippen molar-refractivity contribution in [3.63, 3.8) is 0 Å². The molecule has 0 aliphatic carbocycles. The number of carbonyl (C=O) groups is 3. The molecule has 41 heavy (non-hydrogen) atoms.